The number of anilines is 1. The number of fused-ring (bicyclic) bond motifs is 1. The topological polar surface area (TPSA) is 46.3 Å². The molecule has 116 valence electrons. The van der Waals surface area contributed by atoms with E-state index in [0.717, 1.165) is 44.5 Å². The van der Waals surface area contributed by atoms with Crippen LogP contribution in [0.2, 0.25) is 0 Å². The molecule has 0 saturated carbocycles. The van der Waals surface area contributed by atoms with Crippen LogP contribution in [0.5, 0.6) is 0 Å². The summed E-state index contributed by atoms with van der Waals surface area (Å²) in [6, 6.07) is 8.32. The summed E-state index contributed by atoms with van der Waals surface area (Å²) < 4.78 is 0. The van der Waals surface area contributed by atoms with E-state index in [-0.39, 0.29) is 5.91 Å². The first-order valence-corrected chi connectivity index (χ1v) is 8.24. The SMILES string of the molecule is CCC(CCN)CCC(=O)N1CC(C)Cc2ccccc21. The van der Waals surface area contributed by atoms with Crippen LogP contribution in [0.25, 0.3) is 0 Å². The number of benzene rings is 1. The summed E-state index contributed by atoms with van der Waals surface area (Å²) in [5.41, 5.74) is 8.06. The summed E-state index contributed by atoms with van der Waals surface area (Å²) in [6.45, 7) is 5.97. The number of hydrogen-bond donors (Lipinski definition) is 1. The number of nitrogens with zero attached hydrogens (tertiary/aromatic N) is 1. The first kappa shape index (κ1) is 16.0. The molecule has 3 heteroatoms. The van der Waals surface area contributed by atoms with E-state index in [9.17, 15) is 4.79 Å². The molecule has 1 amide bonds. The Morgan fingerprint density at radius 1 is 1.38 bits per heavy atom. The third-order valence-electron chi connectivity index (χ3n) is 4.56. The van der Waals surface area contributed by atoms with Gasteiger partial charge >= 0.3 is 0 Å². The Kier molecular flexibility index (Phi) is 5.80. The maximum Gasteiger partial charge on any atom is 0.227 e. The van der Waals surface area contributed by atoms with Gasteiger partial charge in [-0.05, 0) is 49.3 Å². The normalized spacial score (nSPS) is 19.2. The Hall–Kier alpha value is -1.35. The lowest BCUT2D eigenvalue weighted by molar-refractivity contribution is -0.119. The molecule has 1 aliphatic heterocycles. The fourth-order valence-corrected chi connectivity index (χ4v) is 3.28. The predicted molar refractivity (Wildman–Crippen MR) is 88.3 cm³/mol. The second-order valence-corrected chi connectivity index (χ2v) is 6.33. The molecular weight excluding hydrogens is 260 g/mol. The van der Waals surface area contributed by atoms with E-state index in [1.807, 2.05) is 11.0 Å². The van der Waals surface area contributed by atoms with Crippen LogP contribution in [0, 0.1) is 11.8 Å². The van der Waals surface area contributed by atoms with Gasteiger partial charge in [-0.25, -0.2) is 0 Å². The van der Waals surface area contributed by atoms with Gasteiger partial charge in [-0.3, -0.25) is 4.79 Å². The molecule has 1 aliphatic rings. The Morgan fingerprint density at radius 3 is 2.86 bits per heavy atom. The average Bonchev–Trinajstić information content (AvgIpc) is 2.50. The molecule has 2 atom stereocenters. The van der Waals surface area contributed by atoms with E-state index in [1.165, 1.54) is 5.56 Å². The highest BCUT2D eigenvalue weighted by atomic mass is 16.2. The van der Waals surface area contributed by atoms with Gasteiger partial charge in [0.05, 0.1) is 0 Å². The van der Waals surface area contributed by atoms with Gasteiger partial charge in [0.15, 0.2) is 0 Å². The molecule has 3 nitrogen and oxygen atoms in total. The van der Waals surface area contributed by atoms with Crippen LogP contribution in [-0.4, -0.2) is 19.0 Å². The molecule has 0 fully saturated rings. The second-order valence-electron chi connectivity index (χ2n) is 6.33. The van der Waals surface area contributed by atoms with Gasteiger partial charge < -0.3 is 10.6 Å². The minimum Gasteiger partial charge on any atom is -0.330 e. The zero-order valence-electron chi connectivity index (χ0n) is 13.3. The van der Waals surface area contributed by atoms with Crippen molar-refractivity contribution in [3.8, 4) is 0 Å². The lowest BCUT2D eigenvalue weighted by Gasteiger charge is -2.33. The minimum absolute atomic E-state index is 0.268. The monoisotopic (exact) mass is 288 g/mol. The summed E-state index contributed by atoms with van der Waals surface area (Å²) in [5, 5.41) is 0. The van der Waals surface area contributed by atoms with Gasteiger partial charge in [0.25, 0.3) is 0 Å². The number of rotatable bonds is 6. The molecule has 2 unspecified atom stereocenters. The van der Waals surface area contributed by atoms with Crippen molar-refractivity contribution in [2.75, 3.05) is 18.0 Å². The Bertz CT molecular complexity index is 472. The van der Waals surface area contributed by atoms with Gasteiger partial charge in [0.1, 0.15) is 0 Å². The number of carbonyl (C=O) groups excluding carboxylic acids is 1. The number of carbonyl (C=O) groups is 1. The average molecular weight is 288 g/mol. The summed E-state index contributed by atoms with van der Waals surface area (Å²) in [7, 11) is 0. The maximum absolute atomic E-state index is 12.6. The second kappa shape index (κ2) is 7.60. The fourth-order valence-electron chi connectivity index (χ4n) is 3.28. The van der Waals surface area contributed by atoms with E-state index in [1.54, 1.807) is 0 Å². The molecule has 0 radical (unpaired) electrons. The van der Waals surface area contributed by atoms with Crippen LogP contribution in [0.1, 0.15) is 45.1 Å². The van der Waals surface area contributed by atoms with Crippen molar-refractivity contribution in [3.63, 3.8) is 0 Å². The van der Waals surface area contributed by atoms with Crippen molar-refractivity contribution in [1.82, 2.24) is 0 Å². The number of amides is 1. The molecule has 2 rings (SSSR count). The first-order valence-electron chi connectivity index (χ1n) is 8.24. The van der Waals surface area contributed by atoms with Crippen molar-refractivity contribution in [2.45, 2.75) is 46.0 Å². The zero-order valence-corrected chi connectivity index (χ0v) is 13.3. The van der Waals surface area contributed by atoms with Crippen molar-refractivity contribution in [1.29, 1.82) is 0 Å². The molecular formula is C18H28N2O. The molecule has 21 heavy (non-hydrogen) atoms. The van der Waals surface area contributed by atoms with Crippen LogP contribution >= 0.6 is 0 Å². The van der Waals surface area contributed by atoms with Gasteiger partial charge in [0.2, 0.25) is 5.91 Å². The third-order valence-corrected chi connectivity index (χ3v) is 4.56. The minimum atomic E-state index is 0.268. The van der Waals surface area contributed by atoms with E-state index in [0.29, 0.717) is 18.3 Å². The van der Waals surface area contributed by atoms with Crippen molar-refractivity contribution >= 4 is 11.6 Å². The molecule has 2 N–H and O–H groups in total. The third kappa shape index (κ3) is 4.07. The summed E-state index contributed by atoms with van der Waals surface area (Å²) >= 11 is 0. The lowest BCUT2D eigenvalue weighted by atomic mass is 9.92. The van der Waals surface area contributed by atoms with E-state index in [2.05, 4.69) is 32.0 Å². The number of hydrogen-bond acceptors (Lipinski definition) is 2. The van der Waals surface area contributed by atoms with Crippen molar-refractivity contribution in [2.24, 2.45) is 17.6 Å². The number of nitrogens with two attached hydrogens (primary N) is 1. The number of para-hydroxylation sites is 1. The highest BCUT2D eigenvalue weighted by Crippen LogP contribution is 2.30. The Morgan fingerprint density at radius 2 is 2.14 bits per heavy atom. The van der Waals surface area contributed by atoms with Crippen LogP contribution < -0.4 is 10.6 Å². The molecule has 1 heterocycles. The molecule has 0 bridgehead atoms. The van der Waals surface area contributed by atoms with Crippen molar-refractivity contribution in [3.05, 3.63) is 29.8 Å². The highest BCUT2D eigenvalue weighted by Gasteiger charge is 2.26. The maximum atomic E-state index is 12.6. The Labute approximate surface area is 128 Å². The smallest absolute Gasteiger partial charge is 0.227 e. The van der Waals surface area contributed by atoms with Gasteiger partial charge in [-0.15, -0.1) is 0 Å². The van der Waals surface area contributed by atoms with Crippen LogP contribution in [0.3, 0.4) is 0 Å². The molecule has 0 aromatic heterocycles. The summed E-state index contributed by atoms with van der Waals surface area (Å²) in [6.07, 6.45) is 4.80. The highest BCUT2D eigenvalue weighted by molar-refractivity contribution is 5.94. The molecule has 1 aromatic carbocycles. The molecule has 0 spiro atoms. The van der Waals surface area contributed by atoms with E-state index in [4.69, 9.17) is 5.73 Å². The van der Waals surface area contributed by atoms with Crippen LogP contribution in [0.15, 0.2) is 24.3 Å². The van der Waals surface area contributed by atoms with Crippen LogP contribution in [-0.2, 0) is 11.2 Å². The first-order chi connectivity index (χ1) is 10.2. The summed E-state index contributed by atoms with van der Waals surface area (Å²) in [4.78, 5) is 14.6. The molecule has 0 saturated heterocycles. The standard InChI is InChI=1S/C18H28N2O/c1-3-15(10-11-19)8-9-18(21)20-13-14(2)12-16-6-4-5-7-17(16)20/h4-7,14-15H,3,8-13,19H2,1-2H3. The fraction of sp³-hybridized carbons (Fsp3) is 0.611. The van der Waals surface area contributed by atoms with E-state index < -0.39 is 0 Å². The molecule has 0 aliphatic carbocycles. The largest absolute Gasteiger partial charge is 0.330 e. The van der Waals surface area contributed by atoms with E-state index >= 15 is 0 Å². The Balaban J connectivity index is 2.02. The zero-order chi connectivity index (χ0) is 15.2. The van der Waals surface area contributed by atoms with Crippen LogP contribution in [0.4, 0.5) is 5.69 Å². The quantitative estimate of drug-likeness (QED) is 0.872. The predicted octanol–water partition coefficient (Wildman–Crippen LogP) is 3.37. The summed E-state index contributed by atoms with van der Waals surface area (Å²) in [5.74, 6) is 1.38. The molecule has 1 aromatic rings. The van der Waals surface area contributed by atoms with Crippen molar-refractivity contribution < 1.29 is 4.79 Å². The van der Waals surface area contributed by atoms with Gasteiger partial charge in [0, 0.05) is 18.7 Å². The van der Waals surface area contributed by atoms with Gasteiger partial charge in [-0.2, -0.15) is 0 Å². The van der Waals surface area contributed by atoms with Gasteiger partial charge in [-0.1, -0.05) is 38.5 Å². The lowest BCUT2D eigenvalue weighted by Crippen LogP contribution is -2.39.